The number of carbonyl (C=O) groups excluding carboxylic acids is 2. The van der Waals surface area contributed by atoms with Gasteiger partial charge in [-0.15, -0.1) is 6.42 Å². The van der Waals surface area contributed by atoms with Crippen LogP contribution < -0.4 is 10.6 Å². The van der Waals surface area contributed by atoms with Gasteiger partial charge in [0.05, 0.1) is 5.02 Å². The molecule has 1 fully saturated rings. The molecule has 0 unspecified atom stereocenters. The Morgan fingerprint density at radius 3 is 2.55 bits per heavy atom. The molecule has 1 aliphatic carbocycles. The summed E-state index contributed by atoms with van der Waals surface area (Å²) in [4.78, 5) is 23.9. The van der Waals surface area contributed by atoms with Gasteiger partial charge in [-0.25, -0.2) is 9.18 Å². The molecular formula is C16H16ClFN2O2. The number of imide groups is 1. The summed E-state index contributed by atoms with van der Waals surface area (Å²) >= 11 is 5.61. The van der Waals surface area contributed by atoms with E-state index in [2.05, 4.69) is 16.6 Å². The fourth-order valence-electron chi connectivity index (χ4n) is 2.52. The van der Waals surface area contributed by atoms with E-state index in [0.29, 0.717) is 12.8 Å². The maximum absolute atomic E-state index is 13.1. The number of hydrogen-bond acceptors (Lipinski definition) is 2. The van der Waals surface area contributed by atoms with Crippen LogP contribution in [0.1, 0.15) is 42.5 Å². The Balaban J connectivity index is 2.00. The minimum atomic E-state index is -0.705. The zero-order valence-electron chi connectivity index (χ0n) is 11.9. The maximum atomic E-state index is 13.1. The Bertz CT molecular complexity index is 634. The molecule has 22 heavy (non-hydrogen) atoms. The van der Waals surface area contributed by atoms with Crippen molar-refractivity contribution in [2.24, 2.45) is 0 Å². The summed E-state index contributed by atoms with van der Waals surface area (Å²) < 4.78 is 13.1. The van der Waals surface area contributed by atoms with Gasteiger partial charge in [-0.2, -0.15) is 0 Å². The Labute approximate surface area is 133 Å². The van der Waals surface area contributed by atoms with E-state index in [1.807, 2.05) is 0 Å². The molecule has 0 radical (unpaired) electrons. The Morgan fingerprint density at radius 2 is 1.95 bits per heavy atom. The van der Waals surface area contributed by atoms with Crippen LogP contribution in [0, 0.1) is 18.2 Å². The van der Waals surface area contributed by atoms with E-state index >= 15 is 0 Å². The second-order valence-electron chi connectivity index (χ2n) is 5.32. The second-order valence-corrected chi connectivity index (χ2v) is 5.73. The van der Waals surface area contributed by atoms with Crippen molar-refractivity contribution < 1.29 is 14.0 Å². The van der Waals surface area contributed by atoms with Gasteiger partial charge in [0.1, 0.15) is 11.4 Å². The fourth-order valence-corrected chi connectivity index (χ4v) is 2.70. The number of benzene rings is 1. The van der Waals surface area contributed by atoms with Crippen molar-refractivity contribution in [1.82, 2.24) is 10.6 Å². The number of nitrogens with one attached hydrogen (secondary N) is 2. The first kappa shape index (κ1) is 16.3. The number of rotatable bonds is 2. The molecule has 3 amide bonds. The smallest absolute Gasteiger partial charge is 0.321 e. The maximum Gasteiger partial charge on any atom is 0.322 e. The summed E-state index contributed by atoms with van der Waals surface area (Å²) in [5, 5.41) is 4.70. The number of amides is 3. The van der Waals surface area contributed by atoms with Crippen molar-refractivity contribution in [3.8, 4) is 12.3 Å². The molecule has 2 rings (SSSR count). The zero-order valence-corrected chi connectivity index (χ0v) is 12.7. The molecule has 0 aliphatic heterocycles. The molecule has 1 aliphatic rings. The summed E-state index contributed by atoms with van der Waals surface area (Å²) in [6, 6.07) is 2.82. The SMILES string of the molecule is C#CC1(NC(=O)NC(=O)c2ccc(F)c(Cl)c2)CCCCC1. The molecule has 4 nitrogen and oxygen atoms in total. The summed E-state index contributed by atoms with van der Waals surface area (Å²) in [5.41, 5.74) is -0.608. The molecule has 0 aromatic heterocycles. The summed E-state index contributed by atoms with van der Waals surface area (Å²) in [6.45, 7) is 0. The van der Waals surface area contributed by atoms with Crippen LogP contribution in [0.2, 0.25) is 5.02 Å². The van der Waals surface area contributed by atoms with Crippen LogP contribution in [0.25, 0.3) is 0 Å². The van der Waals surface area contributed by atoms with Crippen molar-refractivity contribution in [3.63, 3.8) is 0 Å². The molecule has 116 valence electrons. The predicted molar refractivity (Wildman–Crippen MR) is 82.1 cm³/mol. The van der Waals surface area contributed by atoms with Crippen molar-refractivity contribution in [1.29, 1.82) is 0 Å². The molecule has 0 saturated heterocycles. The van der Waals surface area contributed by atoms with E-state index < -0.39 is 23.3 Å². The fraction of sp³-hybridized carbons (Fsp3) is 0.375. The third kappa shape index (κ3) is 3.77. The van der Waals surface area contributed by atoms with Crippen LogP contribution in [-0.4, -0.2) is 17.5 Å². The summed E-state index contributed by atoms with van der Waals surface area (Å²) in [7, 11) is 0. The lowest BCUT2D eigenvalue weighted by Crippen LogP contribution is -2.53. The van der Waals surface area contributed by atoms with E-state index in [-0.39, 0.29) is 10.6 Å². The highest BCUT2D eigenvalue weighted by molar-refractivity contribution is 6.31. The molecule has 0 heterocycles. The van der Waals surface area contributed by atoms with Gasteiger partial charge in [-0.05, 0) is 31.0 Å². The van der Waals surface area contributed by atoms with E-state index in [4.69, 9.17) is 18.0 Å². The Kier molecular flexibility index (Phi) is 5.04. The van der Waals surface area contributed by atoms with Gasteiger partial charge in [-0.3, -0.25) is 10.1 Å². The number of urea groups is 1. The average molecular weight is 323 g/mol. The van der Waals surface area contributed by atoms with Crippen LogP contribution in [0.3, 0.4) is 0 Å². The average Bonchev–Trinajstić information content (AvgIpc) is 2.50. The minimum Gasteiger partial charge on any atom is -0.321 e. The Morgan fingerprint density at radius 1 is 1.27 bits per heavy atom. The van der Waals surface area contributed by atoms with Crippen LogP contribution in [0.4, 0.5) is 9.18 Å². The van der Waals surface area contributed by atoms with Gasteiger partial charge in [0.15, 0.2) is 0 Å². The summed E-state index contributed by atoms with van der Waals surface area (Å²) in [5.74, 6) is 1.33. The first-order valence-electron chi connectivity index (χ1n) is 7.02. The van der Waals surface area contributed by atoms with E-state index in [1.165, 1.54) is 6.07 Å². The monoisotopic (exact) mass is 322 g/mol. The quantitative estimate of drug-likeness (QED) is 0.821. The molecule has 1 aromatic rings. The number of halogens is 2. The number of terminal acetylenes is 1. The van der Waals surface area contributed by atoms with Gasteiger partial charge in [0.25, 0.3) is 5.91 Å². The highest BCUT2D eigenvalue weighted by atomic mass is 35.5. The van der Waals surface area contributed by atoms with Gasteiger partial charge in [0, 0.05) is 5.56 Å². The highest BCUT2D eigenvalue weighted by Crippen LogP contribution is 2.27. The van der Waals surface area contributed by atoms with Crippen LogP contribution in [0.15, 0.2) is 18.2 Å². The van der Waals surface area contributed by atoms with Gasteiger partial charge < -0.3 is 5.32 Å². The normalized spacial score (nSPS) is 16.4. The van der Waals surface area contributed by atoms with Gasteiger partial charge in [0.2, 0.25) is 0 Å². The molecular weight excluding hydrogens is 307 g/mol. The van der Waals surface area contributed by atoms with Crippen molar-refractivity contribution in [3.05, 3.63) is 34.6 Å². The standard InChI is InChI=1S/C16H16ClFN2O2/c1-2-16(8-4-3-5-9-16)20-15(22)19-14(21)11-6-7-13(18)12(17)10-11/h1,6-7,10H,3-5,8-9H2,(H2,19,20,21,22). The first-order valence-corrected chi connectivity index (χ1v) is 7.40. The topological polar surface area (TPSA) is 58.2 Å². The lowest BCUT2D eigenvalue weighted by atomic mass is 9.82. The minimum absolute atomic E-state index is 0.0972. The second kappa shape index (κ2) is 6.80. The van der Waals surface area contributed by atoms with Crippen LogP contribution in [-0.2, 0) is 0 Å². The molecule has 0 bridgehead atoms. The largest absolute Gasteiger partial charge is 0.322 e. The molecule has 0 atom stereocenters. The number of carbonyl (C=O) groups is 2. The number of hydrogen-bond donors (Lipinski definition) is 2. The summed E-state index contributed by atoms with van der Waals surface area (Å²) in [6.07, 6.45) is 9.86. The van der Waals surface area contributed by atoms with Crippen molar-refractivity contribution in [2.45, 2.75) is 37.6 Å². The highest BCUT2D eigenvalue weighted by Gasteiger charge is 2.31. The van der Waals surface area contributed by atoms with Crippen molar-refractivity contribution >= 4 is 23.5 Å². The molecule has 0 spiro atoms. The van der Waals surface area contributed by atoms with E-state index in [0.717, 1.165) is 31.4 Å². The van der Waals surface area contributed by atoms with E-state index in [9.17, 15) is 14.0 Å². The van der Waals surface area contributed by atoms with Gasteiger partial charge >= 0.3 is 6.03 Å². The first-order chi connectivity index (χ1) is 10.5. The van der Waals surface area contributed by atoms with Gasteiger partial charge in [-0.1, -0.05) is 36.8 Å². The Hall–Kier alpha value is -2.06. The van der Waals surface area contributed by atoms with Crippen LogP contribution in [0.5, 0.6) is 0 Å². The van der Waals surface area contributed by atoms with Crippen molar-refractivity contribution in [2.75, 3.05) is 0 Å². The lowest BCUT2D eigenvalue weighted by Gasteiger charge is -2.33. The predicted octanol–water partition coefficient (Wildman–Crippen LogP) is 3.25. The zero-order chi connectivity index (χ0) is 16.2. The molecule has 1 saturated carbocycles. The van der Waals surface area contributed by atoms with E-state index in [1.54, 1.807) is 0 Å². The third-order valence-electron chi connectivity index (χ3n) is 3.75. The third-order valence-corrected chi connectivity index (χ3v) is 4.03. The molecule has 1 aromatic carbocycles. The molecule has 2 N–H and O–H groups in total. The lowest BCUT2D eigenvalue weighted by molar-refractivity contribution is 0.0961. The molecule has 6 heteroatoms. The van der Waals surface area contributed by atoms with Crippen LogP contribution >= 0.6 is 11.6 Å².